The van der Waals surface area contributed by atoms with Crippen molar-refractivity contribution in [2.75, 3.05) is 26.8 Å². The number of rotatable bonds is 5. The molecule has 16 heavy (non-hydrogen) atoms. The second-order valence-corrected chi connectivity index (χ2v) is 5.31. The molecule has 88 valence electrons. The Balaban J connectivity index is 2.12. The minimum absolute atomic E-state index is 0.247. The molecule has 1 heterocycles. The molecule has 1 fully saturated rings. The first-order valence-electron chi connectivity index (χ1n) is 5.76. The summed E-state index contributed by atoms with van der Waals surface area (Å²) in [5.41, 5.74) is 1.65. The fraction of sp³-hybridized carbons (Fsp3) is 0.538. The van der Waals surface area contributed by atoms with Crippen LogP contribution in [0.3, 0.4) is 0 Å². The summed E-state index contributed by atoms with van der Waals surface area (Å²) in [5.74, 6) is 0. The second kappa shape index (κ2) is 5.30. The van der Waals surface area contributed by atoms with E-state index in [1.165, 1.54) is 22.9 Å². The third-order valence-corrected chi connectivity index (χ3v) is 3.98. The number of benzene rings is 1. The molecule has 0 aliphatic carbocycles. The highest BCUT2D eigenvalue weighted by Gasteiger charge is 2.40. The van der Waals surface area contributed by atoms with Crippen LogP contribution in [0.25, 0.3) is 0 Å². The van der Waals surface area contributed by atoms with Gasteiger partial charge in [-0.2, -0.15) is 0 Å². The third-order valence-electron chi connectivity index (χ3n) is 3.28. The van der Waals surface area contributed by atoms with Crippen molar-refractivity contribution in [3.05, 3.63) is 34.3 Å². The number of ether oxygens (including phenoxy) is 1. The summed E-state index contributed by atoms with van der Waals surface area (Å²) in [6.07, 6.45) is 2.39. The maximum Gasteiger partial charge on any atom is 0.0586 e. The van der Waals surface area contributed by atoms with E-state index in [9.17, 15) is 0 Å². The molecule has 0 spiro atoms. The Bertz CT molecular complexity index is 350. The summed E-state index contributed by atoms with van der Waals surface area (Å²) in [5, 5.41) is 3.20. The van der Waals surface area contributed by atoms with Crippen molar-refractivity contribution in [1.82, 2.24) is 5.32 Å². The summed E-state index contributed by atoms with van der Waals surface area (Å²) in [6, 6.07) is 8.51. The Labute approximate surface area is 106 Å². The second-order valence-electron chi connectivity index (χ2n) is 4.46. The zero-order valence-corrected chi connectivity index (χ0v) is 11.2. The van der Waals surface area contributed by atoms with Gasteiger partial charge in [0.05, 0.1) is 13.2 Å². The Morgan fingerprint density at radius 2 is 2.12 bits per heavy atom. The molecule has 0 bridgehead atoms. The standard InChI is InChI=1S/C13H18BrNO/c1-15-8-4-7-13(9-16-10-13)11-5-2-3-6-12(11)14/h2-3,5-6,15H,4,7-10H2,1H3. The quantitative estimate of drug-likeness (QED) is 0.839. The van der Waals surface area contributed by atoms with E-state index in [1.807, 2.05) is 7.05 Å². The summed E-state index contributed by atoms with van der Waals surface area (Å²) in [7, 11) is 2.00. The van der Waals surface area contributed by atoms with E-state index in [0.29, 0.717) is 0 Å². The maximum absolute atomic E-state index is 5.44. The Morgan fingerprint density at radius 1 is 1.38 bits per heavy atom. The van der Waals surface area contributed by atoms with Crippen LogP contribution >= 0.6 is 15.9 Å². The van der Waals surface area contributed by atoms with Crippen molar-refractivity contribution in [3.8, 4) is 0 Å². The zero-order chi connectivity index (χ0) is 11.4. The van der Waals surface area contributed by atoms with Crippen LogP contribution in [0, 0.1) is 0 Å². The van der Waals surface area contributed by atoms with Crippen molar-refractivity contribution >= 4 is 15.9 Å². The highest BCUT2D eigenvalue weighted by molar-refractivity contribution is 9.10. The largest absolute Gasteiger partial charge is 0.379 e. The predicted octanol–water partition coefficient (Wildman–Crippen LogP) is 2.72. The SMILES string of the molecule is CNCCCC1(c2ccccc2Br)COC1. The molecule has 2 rings (SSSR count). The van der Waals surface area contributed by atoms with Gasteiger partial charge >= 0.3 is 0 Å². The zero-order valence-electron chi connectivity index (χ0n) is 9.63. The third kappa shape index (κ3) is 2.31. The van der Waals surface area contributed by atoms with Gasteiger partial charge in [0.1, 0.15) is 0 Å². The Hall–Kier alpha value is -0.380. The molecule has 0 atom stereocenters. The van der Waals surface area contributed by atoms with Crippen molar-refractivity contribution in [1.29, 1.82) is 0 Å². The lowest BCUT2D eigenvalue weighted by Gasteiger charge is -2.42. The van der Waals surface area contributed by atoms with Crippen LogP contribution in [0.2, 0.25) is 0 Å². The van der Waals surface area contributed by atoms with Gasteiger partial charge in [-0.05, 0) is 38.1 Å². The average molecular weight is 284 g/mol. The summed E-state index contributed by atoms with van der Waals surface area (Å²) in [6.45, 7) is 2.80. The van der Waals surface area contributed by atoms with Gasteiger partial charge in [0, 0.05) is 9.89 Å². The fourth-order valence-corrected chi connectivity index (χ4v) is 2.98. The van der Waals surface area contributed by atoms with Crippen LogP contribution in [0.1, 0.15) is 18.4 Å². The monoisotopic (exact) mass is 283 g/mol. The van der Waals surface area contributed by atoms with Crippen molar-refractivity contribution < 1.29 is 4.74 Å². The first-order valence-corrected chi connectivity index (χ1v) is 6.55. The molecule has 3 heteroatoms. The van der Waals surface area contributed by atoms with E-state index in [-0.39, 0.29) is 5.41 Å². The molecule has 1 aliphatic rings. The van der Waals surface area contributed by atoms with Crippen molar-refractivity contribution in [2.24, 2.45) is 0 Å². The first kappa shape index (κ1) is 12.1. The molecule has 1 N–H and O–H groups in total. The Kier molecular flexibility index (Phi) is 4.00. The number of hydrogen-bond acceptors (Lipinski definition) is 2. The van der Waals surface area contributed by atoms with Crippen LogP contribution in [-0.4, -0.2) is 26.8 Å². The van der Waals surface area contributed by atoms with Crippen LogP contribution in [0.4, 0.5) is 0 Å². The summed E-state index contributed by atoms with van der Waals surface area (Å²) >= 11 is 3.64. The van der Waals surface area contributed by atoms with Crippen LogP contribution in [-0.2, 0) is 10.2 Å². The highest BCUT2D eigenvalue weighted by Crippen LogP contribution is 2.40. The summed E-state index contributed by atoms with van der Waals surface area (Å²) < 4.78 is 6.65. The van der Waals surface area contributed by atoms with Crippen LogP contribution in [0.5, 0.6) is 0 Å². The number of halogens is 1. The normalized spacial score (nSPS) is 18.1. The van der Waals surface area contributed by atoms with Crippen molar-refractivity contribution in [2.45, 2.75) is 18.3 Å². The Morgan fingerprint density at radius 3 is 2.69 bits per heavy atom. The van der Waals surface area contributed by atoms with Gasteiger partial charge in [0.15, 0.2) is 0 Å². The fourth-order valence-electron chi connectivity index (χ4n) is 2.28. The molecule has 0 aromatic heterocycles. The highest BCUT2D eigenvalue weighted by atomic mass is 79.9. The van der Waals surface area contributed by atoms with E-state index in [2.05, 4.69) is 45.5 Å². The minimum atomic E-state index is 0.247. The lowest BCUT2D eigenvalue weighted by Crippen LogP contribution is -2.47. The molecule has 0 unspecified atom stereocenters. The topological polar surface area (TPSA) is 21.3 Å². The molecule has 1 aromatic rings. The molecular weight excluding hydrogens is 266 g/mol. The van der Waals surface area contributed by atoms with Gasteiger partial charge in [-0.1, -0.05) is 34.1 Å². The van der Waals surface area contributed by atoms with Crippen LogP contribution in [0.15, 0.2) is 28.7 Å². The molecular formula is C13H18BrNO. The van der Waals surface area contributed by atoms with E-state index in [0.717, 1.165) is 19.8 Å². The molecule has 2 nitrogen and oxygen atoms in total. The molecule has 0 amide bonds. The minimum Gasteiger partial charge on any atom is -0.379 e. The van der Waals surface area contributed by atoms with E-state index < -0.39 is 0 Å². The smallest absolute Gasteiger partial charge is 0.0586 e. The van der Waals surface area contributed by atoms with Crippen LogP contribution < -0.4 is 5.32 Å². The number of nitrogens with one attached hydrogen (secondary N) is 1. The number of hydrogen-bond donors (Lipinski definition) is 1. The van der Waals surface area contributed by atoms with Gasteiger partial charge in [-0.15, -0.1) is 0 Å². The molecule has 0 saturated carbocycles. The summed E-state index contributed by atoms with van der Waals surface area (Å²) in [4.78, 5) is 0. The van der Waals surface area contributed by atoms with Gasteiger partial charge < -0.3 is 10.1 Å². The van der Waals surface area contributed by atoms with Gasteiger partial charge in [-0.3, -0.25) is 0 Å². The van der Waals surface area contributed by atoms with Gasteiger partial charge in [0.25, 0.3) is 0 Å². The molecule has 0 radical (unpaired) electrons. The molecule has 1 aromatic carbocycles. The van der Waals surface area contributed by atoms with E-state index in [1.54, 1.807) is 0 Å². The van der Waals surface area contributed by atoms with E-state index >= 15 is 0 Å². The molecule has 1 saturated heterocycles. The molecule has 1 aliphatic heterocycles. The lowest BCUT2D eigenvalue weighted by atomic mass is 9.75. The van der Waals surface area contributed by atoms with Gasteiger partial charge in [-0.25, -0.2) is 0 Å². The maximum atomic E-state index is 5.44. The predicted molar refractivity (Wildman–Crippen MR) is 69.8 cm³/mol. The lowest BCUT2D eigenvalue weighted by molar-refractivity contribution is -0.0654. The van der Waals surface area contributed by atoms with Gasteiger partial charge in [0.2, 0.25) is 0 Å². The average Bonchev–Trinajstić information content (AvgIpc) is 2.24. The van der Waals surface area contributed by atoms with Crippen molar-refractivity contribution in [3.63, 3.8) is 0 Å². The van der Waals surface area contributed by atoms with E-state index in [4.69, 9.17) is 4.74 Å². The first-order chi connectivity index (χ1) is 7.78.